The van der Waals surface area contributed by atoms with Crippen LogP contribution in [-0.2, 0) is 10.0 Å². The predicted octanol–water partition coefficient (Wildman–Crippen LogP) is 3.13. The molecule has 150 valence electrons. The molecule has 0 bridgehead atoms. The van der Waals surface area contributed by atoms with Crippen molar-refractivity contribution in [3.8, 4) is 11.5 Å². The molecule has 0 saturated carbocycles. The second-order valence-electron chi connectivity index (χ2n) is 6.55. The summed E-state index contributed by atoms with van der Waals surface area (Å²) in [7, 11) is -0.553. The van der Waals surface area contributed by atoms with E-state index in [1.54, 1.807) is 30.3 Å². The number of amides is 1. The largest absolute Gasteiger partial charge is 0.497 e. The lowest BCUT2D eigenvalue weighted by molar-refractivity contribution is 0.102. The smallest absolute Gasteiger partial charge is 0.255 e. The highest BCUT2D eigenvalue weighted by molar-refractivity contribution is 7.89. The van der Waals surface area contributed by atoms with Crippen molar-refractivity contribution in [2.75, 3.05) is 32.6 Å². The number of nitrogens with zero attached hydrogens (tertiary/aromatic N) is 1. The Kier molecular flexibility index (Phi) is 6.21. The summed E-state index contributed by atoms with van der Waals surface area (Å²) in [6, 6.07) is 11.1. The first-order valence-corrected chi connectivity index (χ1v) is 10.5. The second kappa shape index (κ2) is 8.62. The van der Waals surface area contributed by atoms with Gasteiger partial charge in [0.15, 0.2) is 0 Å². The van der Waals surface area contributed by atoms with Crippen molar-refractivity contribution >= 4 is 21.6 Å². The second-order valence-corrected chi connectivity index (χ2v) is 8.49. The minimum atomic E-state index is -3.60. The Bertz CT molecular complexity index is 931. The van der Waals surface area contributed by atoms with E-state index in [1.807, 2.05) is 0 Å². The number of methoxy groups -OCH3 is 2. The lowest BCUT2D eigenvalue weighted by Crippen LogP contribution is -2.35. The van der Waals surface area contributed by atoms with Crippen LogP contribution >= 0.6 is 0 Å². The number of ether oxygens (including phenoxy) is 2. The maximum atomic E-state index is 12.8. The molecule has 1 amide bonds. The molecule has 0 radical (unpaired) electrons. The third-order valence-corrected chi connectivity index (χ3v) is 6.55. The monoisotopic (exact) mass is 404 g/mol. The summed E-state index contributed by atoms with van der Waals surface area (Å²) in [5, 5.41) is 2.76. The lowest BCUT2D eigenvalue weighted by Gasteiger charge is -2.26. The van der Waals surface area contributed by atoms with Crippen LogP contribution in [0.5, 0.6) is 11.5 Å². The topological polar surface area (TPSA) is 84.9 Å². The maximum absolute atomic E-state index is 12.8. The molecule has 1 aliphatic heterocycles. The summed E-state index contributed by atoms with van der Waals surface area (Å²) < 4.78 is 37.6. The summed E-state index contributed by atoms with van der Waals surface area (Å²) in [4.78, 5) is 12.8. The number of hydrogen-bond donors (Lipinski definition) is 1. The van der Waals surface area contributed by atoms with Gasteiger partial charge in [-0.15, -0.1) is 0 Å². The molecule has 1 saturated heterocycles. The van der Waals surface area contributed by atoms with Gasteiger partial charge >= 0.3 is 0 Å². The fraction of sp³-hybridized carbons (Fsp3) is 0.350. The number of sulfonamides is 1. The Labute approximate surface area is 165 Å². The SMILES string of the molecule is COc1cc(NC(=O)c2cccc(S(=O)(=O)N3CCCCC3)c2)cc(OC)c1. The maximum Gasteiger partial charge on any atom is 0.255 e. The molecule has 0 aliphatic carbocycles. The van der Waals surface area contributed by atoms with E-state index in [0.29, 0.717) is 30.3 Å². The van der Waals surface area contributed by atoms with Crippen LogP contribution in [0.2, 0.25) is 0 Å². The van der Waals surface area contributed by atoms with Crippen molar-refractivity contribution in [3.05, 3.63) is 48.0 Å². The standard InChI is InChI=1S/C20H24N2O5S/c1-26-17-12-16(13-18(14-17)27-2)21-20(23)15-7-6-8-19(11-15)28(24,25)22-9-4-3-5-10-22/h6-8,11-14H,3-5,9-10H2,1-2H3,(H,21,23). The van der Waals surface area contributed by atoms with Crippen LogP contribution in [0.1, 0.15) is 29.6 Å². The minimum Gasteiger partial charge on any atom is -0.497 e. The third-order valence-electron chi connectivity index (χ3n) is 4.66. The van der Waals surface area contributed by atoms with Crippen molar-refractivity contribution < 1.29 is 22.7 Å². The molecule has 8 heteroatoms. The molecule has 1 fully saturated rings. The molecule has 0 aromatic heterocycles. The van der Waals surface area contributed by atoms with E-state index in [2.05, 4.69) is 5.32 Å². The fourth-order valence-electron chi connectivity index (χ4n) is 3.13. The van der Waals surface area contributed by atoms with E-state index >= 15 is 0 Å². The quantitative estimate of drug-likeness (QED) is 0.800. The molecular formula is C20H24N2O5S. The normalized spacial score (nSPS) is 15.1. The lowest BCUT2D eigenvalue weighted by atomic mass is 10.2. The van der Waals surface area contributed by atoms with Gasteiger partial charge in [0, 0.05) is 42.5 Å². The average molecular weight is 404 g/mol. The fourth-order valence-corrected chi connectivity index (χ4v) is 4.70. The van der Waals surface area contributed by atoms with Gasteiger partial charge in [0.05, 0.1) is 19.1 Å². The highest BCUT2D eigenvalue weighted by Crippen LogP contribution is 2.26. The molecule has 2 aromatic carbocycles. The van der Waals surface area contributed by atoms with Gasteiger partial charge in [0.1, 0.15) is 11.5 Å². The molecule has 7 nitrogen and oxygen atoms in total. The molecule has 28 heavy (non-hydrogen) atoms. The molecule has 0 unspecified atom stereocenters. The Morgan fingerprint density at radius 1 is 0.964 bits per heavy atom. The van der Waals surface area contributed by atoms with Gasteiger partial charge in [-0.1, -0.05) is 12.5 Å². The zero-order valence-electron chi connectivity index (χ0n) is 16.0. The molecule has 0 spiro atoms. The number of piperidine rings is 1. The van der Waals surface area contributed by atoms with Crippen LogP contribution in [-0.4, -0.2) is 45.9 Å². The van der Waals surface area contributed by atoms with Gasteiger partial charge in [-0.2, -0.15) is 4.31 Å². The van der Waals surface area contributed by atoms with Crippen molar-refractivity contribution in [1.82, 2.24) is 4.31 Å². The van der Waals surface area contributed by atoms with E-state index in [-0.39, 0.29) is 10.5 Å². The van der Waals surface area contributed by atoms with Crippen molar-refractivity contribution in [2.24, 2.45) is 0 Å². The van der Waals surface area contributed by atoms with Crippen molar-refractivity contribution in [2.45, 2.75) is 24.2 Å². The van der Waals surface area contributed by atoms with Gasteiger partial charge < -0.3 is 14.8 Å². The van der Waals surface area contributed by atoms with E-state index in [4.69, 9.17) is 9.47 Å². The Morgan fingerprint density at radius 3 is 2.21 bits per heavy atom. The Balaban J connectivity index is 1.83. The van der Waals surface area contributed by atoms with Crippen molar-refractivity contribution in [3.63, 3.8) is 0 Å². The molecule has 1 aliphatic rings. The molecule has 1 N–H and O–H groups in total. The summed E-state index contributed by atoms with van der Waals surface area (Å²) in [6.45, 7) is 1.03. The summed E-state index contributed by atoms with van der Waals surface area (Å²) in [5.41, 5.74) is 0.755. The molecule has 3 rings (SSSR count). The van der Waals surface area contributed by atoms with Crippen LogP contribution in [0.25, 0.3) is 0 Å². The van der Waals surface area contributed by atoms with Gasteiger partial charge in [0.2, 0.25) is 10.0 Å². The number of benzene rings is 2. The highest BCUT2D eigenvalue weighted by Gasteiger charge is 2.26. The van der Waals surface area contributed by atoms with Crippen molar-refractivity contribution in [1.29, 1.82) is 0 Å². The molecule has 0 atom stereocenters. The molecule has 1 heterocycles. The van der Waals surface area contributed by atoms with Crippen LogP contribution in [0.15, 0.2) is 47.4 Å². The van der Waals surface area contributed by atoms with Gasteiger partial charge in [0.25, 0.3) is 5.91 Å². The van der Waals surface area contributed by atoms with Crippen LogP contribution in [0.4, 0.5) is 5.69 Å². The number of anilines is 1. The van der Waals surface area contributed by atoms with Crippen LogP contribution in [0, 0.1) is 0 Å². The van der Waals surface area contributed by atoms with Crippen LogP contribution < -0.4 is 14.8 Å². The van der Waals surface area contributed by atoms with E-state index < -0.39 is 15.9 Å². The first-order chi connectivity index (χ1) is 13.4. The summed E-state index contributed by atoms with van der Waals surface area (Å²) in [5.74, 6) is 0.665. The summed E-state index contributed by atoms with van der Waals surface area (Å²) in [6.07, 6.45) is 2.76. The Morgan fingerprint density at radius 2 is 1.61 bits per heavy atom. The minimum absolute atomic E-state index is 0.130. The zero-order valence-corrected chi connectivity index (χ0v) is 16.8. The van der Waals surface area contributed by atoms with E-state index in [1.165, 1.54) is 30.7 Å². The first kappa shape index (κ1) is 20.2. The number of nitrogens with one attached hydrogen (secondary N) is 1. The number of hydrogen-bond acceptors (Lipinski definition) is 5. The third kappa shape index (κ3) is 4.45. The summed E-state index contributed by atoms with van der Waals surface area (Å²) >= 11 is 0. The first-order valence-electron chi connectivity index (χ1n) is 9.08. The predicted molar refractivity (Wildman–Crippen MR) is 107 cm³/mol. The molecule has 2 aromatic rings. The van der Waals surface area contributed by atoms with E-state index in [9.17, 15) is 13.2 Å². The highest BCUT2D eigenvalue weighted by atomic mass is 32.2. The molecular weight excluding hydrogens is 380 g/mol. The van der Waals surface area contributed by atoms with Gasteiger partial charge in [-0.05, 0) is 31.0 Å². The van der Waals surface area contributed by atoms with Crippen LogP contribution in [0.3, 0.4) is 0 Å². The Hall–Kier alpha value is -2.58. The van der Waals surface area contributed by atoms with E-state index in [0.717, 1.165) is 19.3 Å². The zero-order chi connectivity index (χ0) is 20.1. The number of carbonyl (C=O) groups excluding carboxylic acids is 1. The van der Waals surface area contributed by atoms with Gasteiger partial charge in [-0.3, -0.25) is 4.79 Å². The number of rotatable bonds is 6. The number of carbonyl (C=O) groups is 1. The van der Waals surface area contributed by atoms with Gasteiger partial charge in [-0.25, -0.2) is 8.42 Å². The average Bonchev–Trinajstić information content (AvgIpc) is 2.74.